The molecule has 21 heavy (non-hydrogen) atoms. The highest BCUT2D eigenvalue weighted by molar-refractivity contribution is 5.61. The maximum Gasteiger partial charge on any atom is -0.00493 e. The van der Waals surface area contributed by atoms with Crippen molar-refractivity contribution in [3.05, 3.63) is 66.3 Å². The van der Waals surface area contributed by atoms with Gasteiger partial charge in [-0.2, -0.15) is 0 Å². The van der Waals surface area contributed by atoms with E-state index in [1.54, 1.807) is 0 Å². The molecule has 0 heteroatoms. The quantitative estimate of drug-likeness (QED) is 0.519. The third-order valence-corrected chi connectivity index (χ3v) is 5.05. The highest BCUT2D eigenvalue weighted by Crippen LogP contribution is 2.46. The van der Waals surface area contributed by atoms with Gasteiger partial charge >= 0.3 is 0 Å². The number of rotatable bonds is 6. The van der Waals surface area contributed by atoms with E-state index < -0.39 is 0 Å². The molecular weight excluding hydrogens is 252 g/mol. The fourth-order valence-corrected chi connectivity index (χ4v) is 2.47. The lowest BCUT2D eigenvalue weighted by molar-refractivity contribution is 0.196. The summed E-state index contributed by atoms with van der Waals surface area (Å²) in [4.78, 5) is 0. The van der Waals surface area contributed by atoms with E-state index in [0.29, 0.717) is 0 Å². The molecule has 0 unspecified atom stereocenters. The van der Waals surface area contributed by atoms with E-state index in [4.69, 9.17) is 0 Å². The zero-order valence-corrected chi connectivity index (χ0v) is 14.6. The van der Waals surface area contributed by atoms with Gasteiger partial charge in [0, 0.05) is 0 Å². The van der Waals surface area contributed by atoms with Crippen molar-refractivity contribution < 1.29 is 0 Å². The number of benzene rings is 1. The first-order valence-corrected chi connectivity index (χ1v) is 7.59. The van der Waals surface area contributed by atoms with Gasteiger partial charge in [-0.1, -0.05) is 88.4 Å². The van der Waals surface area contributed by atoms with E-state index in [-0.39, 0.29) is 10.8 Å². The minimum atomic E-state index is 0.0546. The normalized spacial score (nSPS) is 12.1. The molecule has 0 N–H and O–H groups in total. The van der Waals surface area contributed by atoms with E-state index in [1.165, 1.54) is 11.1 Å². The highest BCUT2D eigenvalue weighted by atomic mass is 14.4. The van der Waals surface area contributed by atoms with Gasteiger partial charge in [0.15, 0.2) is 0 Å². The molecule has 0 amide bonds. The van der Waals surface area contributed by atoms with Crippen LogP contribution in [0.5, 0.6) is 0 Å². The summed E-state index contributed by atoms with van der Waals surface area (Å²) in [5.41, 5.74) is 6.05. The van der Waals surface area contributed by atoms with E-state index in [9.17, 15) is 0 Å². The van der Waals surface area contributed by atoms with Crippen molar-refractivity contribution in [2.24, 2.45) is 5.41 Å². The molecule has 0 fully saturated rings. The summed E-state index contributed by atoms with van der Waals surface area (Å²) in [6, 6.07) is 8.80. The predicted molar refractivity (Wildman–Crippen MR) is 96.5 cm³/mol. The van der Waals surface area contributed by atoms with Crippen molar-refractivity contribution in [2.45, 2.75) is 53.4 Å². The van der Waals surface area contributed by atoms with E-state index in [1.807, 2.05) is 13.8 Å². The Kier molecular flexibility index (Phi) is 5.04. The van der Waals surface area contributed by atoms with Gasteiger partial charge in [-0.15, -0.1) is 0 Å². The third-order valence-electron chi connectivity index (χ3n) is 5.05. The van der Waals surface area contributed by atoms with Crippen molar-refractivity contribution in [1.29, 1.82) is 0 Å². The molecule has 0 aromatic heterocycles. The van der Waals surface area contributed by atoms with Gasteiger partial charge in [-0.25, -0.2) is 0 Å². The second kappa shape index (κ2) is 6.05. The molecular formula is C21H30. The standard InChI is InChI=1S/C21H30/c1-15(2)17(5)14-20(6,7)21(8,9)19-12-10-18(11-13-19)16(3)4/h10-13H,1,3,5,14H2,2,4,6-9H3. The largest absolute Gasteiger partial charge is 0.0959 e. The molecule has 114 valence electrons. The van der Waals surface area contributed by atoms with Crippen molar-refractivity contribution in [3.63, 3.8) is 0 Å². The molecule has 0 atom stereocenters. The molecule has 0 radical (unpaired) electrons. The van der Waals surface area contributed by atoms with Crippen molar-refractivity contribution in [2.75, 3.05) is 0 Å². The maximum atomic E-state index is 4.17. The van der Waals surface area contributed by atoms with Crippen LogP contribution in [-0.4, -0.2) is 0 Å². The molecule has 1 aromatic rings. The summed E-state index contributed by atoms with van der Waals surface area (Å²) < 4.78 is 0. The van der Waals surface area contributed by atoms with E-state index >= 15 is 0 Å². The van der Waals surface area contributed by atoms with Gasteiger partial charge in [0.05, 0.1) is 0 Å². The summed E-state index contributed by atoms with van der Waals surface area (Å²) in [5.74, 6) is 0. The van der Waals surface area contributed by atoms with Crippen LogP contribution in [0.4, 0.5) is 0 Å². The molecule has 0 aliphatic carbocycles. The summed E-state index contributed by atoms with van der Waals surface area (Å²) >= 11 is 0. The van der Waals surface area contributed by atoms with Crippen LogP contribution >= 0.6 is 0 Å². The summed E-state index contributed by atoms with van der Waals surface area (Å²) in [6.45, 7) is 25.5. The summed E-state index contributed by atoms with van der Waals surface area (Å²) in [5, 5.41) is 0. The highest BCUT2D eigenvalue weighted by Gasteiger charge is 2.38. The monoisotopic (exact) mass is 282 g/mol. The Hall–Kier alpha value is -1.56. The Morgan fingerprint density at radius 1 is 0.905 bits per heavy atom. The zero-order valence-electron chi connectivity index (χ0n) is 14.6. The Bertz CT molecular complexity index is 550. The molecule has 0 saturated heterocycles. The fourth-order valence-electron chi connectivity index (χ4n) is 2.47. The van der Waals surface area contributed by atoms with Crippen LogP contribution in [0.3, 0.4) is 0 Å². The third kappa shape index (κ3) is 3.75. The molecule has 0 bridgehead atoms. The number of allylic oxidation sites excluding steroid dienone is 3. The van der Waals surface area contributed by atoms with E-state index in [0.717, 1.165) is 23.1 Å². The Morgan fingerprint density at radius 3 is 1.76 bits per heavy atom. The lowest BCUT2D eigenvalue weighted by atomic mass is 9.61. The molecule has 0 nitrogen and oxygen atoms in total. The van der Waals surface area contributed by atoms with Gasteiger partial charge in [-0.05, 0) is 42.2 Å². The van der Waals surface area contributed by atoms with Gasteiger partial charge in [0.2, 0.25) is 0 Å². The number of hydrogen-bond acceptors (Lipinski definition) is 0. The predicted octanol–water partition coefficient (Wildman–Crippen LogP) is 6.55. The molecule has 0 aliphatic heterocycles. The van der Waals surface area contributed by atoms with Crippen molar-refractivity contribution in [3.8, 4) is 0 Å². The van der Waals surface area contributed by atoms with Crippen LogP contribution in [0.2, 0.25) is 0 Å². The Morgan fingerprint density at radius 2 is 1.38 bits per heavy atom. The van der Waals surface area contributed by atoms with Crippen molar-refractivity contribution in [1.82, 2.24) is 0 Å². The van der Waals surface area contributed by atoms with Gasteiger partial charge in [0.1, 0.15) is 0 Å². The van der Waals surface area contributed by atoms with Crippen LogP contribution in [0, 0.1) is 5.41 Å². The Labute approximate surface area is 131 Å². The lowest BCUT2D eigenvalue weighted by Crippen LogP contribution is -2.37. The van der Waals surface area contributed by atoms with Gasteiger partial charge in [0.25, 0.3) is 0 Å². The van der Waals surface area contributed by atoms with Crippen LogP contribution < -0.4 is 0 Å². The average Bonchev–Trinajstić information content (AvgIpc) is 2.37. The fraction of sp³-hybridized carbons (Fsp3) is 0.429. The second-order valence-electron chi connectivity index (χ2n) is 7.43. The van der Waals surface area contributed by atoms with Crippen molar-refractivity contribution >= 4 is 5.57 Å². The summed E-state index contributed by atoms with van der Waals surface area (Å²) in [7, 11) is 0. The first-order chi connectivity index (χ1) is 9.49. The van der Waals surface area contributed by atoms with Crippen LogP contribution in [0.1, 0.15) is 59.1 Å². The SMILES string of the molecule is C=C(C)C(=C)CC(C)(C)C(C)(C)c1ccc(C(=C)C)cc1. The minimum absolute atomic E-state index is 0.0546. The average molecular weight is 282 g/mol. The van der Waals surface area contributed by atoms with Crippen LogP contribution in [-0.2, 0) is 5.41 Å². The molecule has 1 rings (SSSR count). The van der Waals surface area contributed by atoms with Gasteiger partial charge in [-0.3, -0.25) is 0 Å². The summed E-state index contributed by atoms with van der Waals surface area (Å²) in [6.07, 6.45) is 0.956. The molecule has 0 spiro atoms. The van der Waals surface area contributed by atoms with Crippen LogP contribution in [0.15, 0.2) is 55.1 Å². The van der Waals surface area contributed by atoms with Gasteiger partial charge < -0.3 is 0 Å². The lowest BCUT2D eigenvalue weighted by Gasteiger charge is -2.43. The molecule has 0 heterocycles. The first kappa shape index (κ1) is 17.5. The van der Waals surface area contributed by atoms with Crippen LogP contribution in [0.25, 0.3) is 5.57 Å². The Balaban J connectivity index is 3.10. The smallest absolute Gasteiger partial charge is 0.00493 e. The first-order valence-electron chi connectivity index (χ1n) is 7.59. The molecule has 1 aromatic carbocycles. The second-order valence-corrected chi connectivity index (χ2v) is 7.43. The molecule has 0 saturated carbocycles. The van der Waals surface area contributed by atoms with E-state index in [2.05, 4.69) is 71.7 Å². The topological polar surface area (TPSA) is 0 Å². The minimum Gasteiger partial charge on any atom is -0.0959 e. The maximum absolute atomic E-state index is 4.17. The molecule has 0 aliphatic rings. The zero-order chi connectivity index (χ0) is 16.4. The number of hydrogen-bond donors (Lipinski definition) is 0.